The number of thiocarbonyl (C=S) groups is 1. The summed E-state index contributed by atoms with van der Waals surface area (Å²) in [5.74, 6) is 0.859. The molecule has 31 heavy (non-hydrogen) atoms. The van der Waals surface area contributed by atoms with Crippen molar-refractivity contribution in [3.63, 3.8) is 0 Å². The van der Waals surface area contributed by atoms with Crippen LogP contribution in [-0.4, -0.2) is 34.3 Å². The largest absolute Gasteiger partial charge is 0.452 e. The lowest BCUT2D eigenvalue weighted by atomic mass is 10.0. The number of rotatable bonds is 6. The maximum absolute atomic E-state index is 6.32. The zero-order valence-corrected chi connectivity index (χ0v) is 19.1. The van der Waals surface area contributed by atoms with Crippen molar-refractivity contribution < 1.29 is 9.15 Å². The molecule has 0 spiro atoms. The Morgan fingerprint density at radius 3 is 2.77 bits per heavy atom. The number of benzene rings is 1. The van der Waals surface area contributed by atoms with E-state index in [1.54, 1.807) is 11.8 Å². The first-order chi connectivity index (χ1) is 15.2. The average molecular weight is 472 g/mol. The van der Waals surface area contributed by atoms with Gasteiger partial charge in [-0.05, 0) is 73.6 Å². The summed E-state index contributed by atoms with van der Waals surface area (Å²) >= 11 is 13.3. The number of aromatic nitrogens is 1. The molecule has 0 bridgehead atoms. The van der Waals surface area contributed by atoms with E-state index in [9.17, 15) is 0 Å². The van der Waals surface area contributed by atoms with Crippen LogP contribution in [0.4, 0.5) is 0 Å². The molecule has 0 saturated carbocycles. The number of nitrogens with zero attached hydrogens (tertiary/aromatic N) is 2. The molecule has 3 aromatic rings. The van der Waals surface area contributed by atoms with Gasteiger partial charge < -0.3 is 19.4 Å². The average Bonchev–Trinajstić information content (AvgIpc) is 3.52. The number of hydrogen-bond acceptors (Lipinski definition) is 5. The highest BCUT2D eigenvalue weighted by Crippen LogP contribution is 2.41. The van der Waals surface area contributed by atoms with Crippen LogP contribution in [0.3, 0.4) is 0 Å². The second-order valence-corrected chi connectivity index (χ2v) is 9.53. The second-order valence-electron chi connectivity index (χ2n) is 7.63. The maximum Gasteiger partial charge on any atom is 0.170 e. The highest BCUT2D eigenvalue weighted by molar-refractivity contribution is 7.99. The third kappa shape index (κ3) is 4.60. The van der Waals surface area contributed by atoms with Crippen LogP contribution < -0.4 is 5.32 Å². The fraction of sp³-hybridized carbons (Fsp3) is 0.304. The normalized spacial score (nSPS) is 23.3. The van der Waals surface area contributed by atoms with Crippen LogP contribution >= 0.6 is 35.6 Å². The summed E-state index contributed by atoms with van der Waals surface area (Å²) in [7, 11) is 0. The minimum Gasteiger partial charge on any atom is -0.452 e. The topological polar surface area (TPSA) is 50.5 Å². The van der Waals surface area contributed by atoms with Crippen molar-refractivity contribution in [3.05, 3.63) is 77.3 Å². The van der Waals surface area contributed by atoms with E-state index in [2.05, 4.69) is 15.2 Å². The summed E-state index contributed by atoms with van der Waals surface area (Å²) in [5.41, 5.74) is 0.938. The molecule has 0 unspecified atom stereocenters. The van der Waals surface area contributed by atoms with Gasteiger partial charge in [0.2, 0.25) is 0 Å². The molecule has 2 fully saturated rings. The number of furan rings is 1. The molecule has 3 atom stereocenters. The van der Waals surface area contributed by atoms with Crippen molar-refractivity contribution in [2.24, 2.45) is 0 Å². The first-order valence-electron chi connectivity index (χ1n) is 10.3. The Morgan fingerprint density at radius 1 is 1.16 bits per heavy atom. The van der Waals surface area contributed by atoms with E-state index in [4.69, 9.17) is 33.0 Å². The zero-order valence-electron chi connectivity index (χ0n) is 16.7. The van der Waals surface area contributed by atoms with Gasteiger partial charge in [0.05, 0.1) is 17.8 Å². The van der Waals surface area contributed by atoms with Crippen LogP contribution in [0, 0.1) is 0 Å². The molecule has 5 rings (SSSR count). The van der Waals surface area contributed by atoms with Gasteiger partial charge in [0.25, 0.3) is 0 Å². The van der Waals surface area contributed by atoms with Crippen LogP contribution in [0.25, 0.3) is 0 Å². The van der Waals surface area contributed by atoms with Crippen LogP contribution in [-0.2, 0) is 4.74 Å². The van der Waals surface area contributed by atoms with Crippen LogP contribution in [0.2, 0.25) is 5.02 Å². The van der Waals surface area contributed by atoms with Gasteiger partial charge in [-0.2, -0.15) is 0 Å². The molecular weight excluding hydrogens is 450 g/mol. The van der Waals surface area contributed by atoms with E-state index < -0.39 is 0 Å². The van der Waals surface area contributed by atoms with E-state index >= 15 is 0 Å². The number of nitrogens with one attached hydrogen (secondary N) is 1. The van der Waals surface area contributed by atoms with Gasteiger partial charge >= 0.3 is 0 Å². The first kappa shape index (κ1) is 20.8. The maximum atomic E-state index is 6.32. The standard InChI is InChI=1S/C23H22ClN3O2S2/c24-15-6-8-17(9-7-15)31-20-11-10-19(29-20)22-21(18-5-1-2-12-25-18)26-23(30)27(22)14-16-4-3-13-28-16/h1-2,5-12,16,21-22H,3-4,13-14H2,(H,26,30)/t16-,21-,22-/m1/s1. The molecule has 1 aromatic carbocycles. The van der Waals surface area contributed by atoms with Gasteiger partial charge in [-0.3, -0.25) is 4.98 Å². The van der Waals surface area contributed by atoms with Gasteiger partial charge in [0.1, 0.15) is 11.8 Å². The van der Waals surface area contributed by atoms with Gasteiger partial charge in [-0.15, -0.1) is 0 Å². The zero-order chi connectivity index (χ0) is 21.2. The minimum atomic E-state index is -0.0915. The molecule has 2 aromatic heterocycles. The molecule has 8 heteroatoms. The molecule has 5 nitrogen and oxygen atoms in total. The van der Waals surface area contributed by atoms with E-state index in [-0.39, 0.29) is 18.2 Å². The van der Waals surface area contributed by atoms with Crippen molar-refractivity contribution >= 4 is 40.7 Å². The molecular formula is C23H22ClN3O2S2. The molecule has 2 aliphatic rings. The van der Waals surface area contributed by atoms with Crippen molar-refractivity contribution in [1.29, 1.82) is 0 Å². The Bertz CT molecular complexity index is 1040. The Balaban J connectivity index is 1.43. The Hall–Kier alpha value is -2.06. The third-order valence-corrected chi connectivity index (χ3v) is 7.08. The van der Waals surface area contributed by atoms with E-state index in [0.29, 0.717) is 5.11 Å². The lowest BCUT2D eigenvalue weighted by Gasteiger charge is -2.28. The summed E-state index contributed by atoms with van der Waals surface area (Å²) in [6.07, 6.45) is 4.14. The Kier molecular flexibility index (Phi) is 6.18. The summed E-state index contributed by atoms with van der Waals surface area (Å²) in [6.45, 7) is 1.55. The highest BCUT2D eigenvalue weighted by Gasteiger charge is 2.42. The van der Waals surface area contributed by atoms with Gasteiger partial charge in [-0.1, -0.05) is 29.4 Å². The summed E-state index contributed by atoms with van der Waals surface area (Å²) in [5, 5.41) is 5.72. The summed E-state index contributed by atoms with van der Waals surface area (Å²) in [4.78, 5) is 7.85. The summed E-state index contributed by atoms with van der Waals surface area (Å²) < 4.78 is 12.2. The fourth-order valence-electron chi connectivity index (χ4n) is 4.09. The smallest absolute Gasteiger partial charge is 0.170 e. The number of halogens is 1. The first-order valence-corrected chi connectivity index (χ1v) is 11.9. The monoisotopic (exact) mass is 471 g/mol. The second kappa shape index (κ2) is 9.20. The Morgan fingerprint density at radius 2 is 2.03 bits per heavy atom. The van der Waals surface area contributed by atoms with Crippen molar-refractivity contribution in [1.82, 2.24) is 15.2 Å². The van der Waals surface area contributed by atoms with Crippen LogP contribution in [0.1, 0.15) is 36.4 Å². The molecule has 0 radical (unpaired) electrons. The SMILES string of the molecule is S=C1N[C@H](c2ccccn2)[C@@H](c2ccc(Sc3ccc(Cl)cc3)o2)N1C[C@H]1CCCO1. The van der Waals surface area contributed by atoms with Crippen molar-refractivity contribution in [3.8, 4) is 0 Å². The van der Waals surface area contributed by atoms with Crippen LogP contribution in [0.5, 0.6) is 0 Å². The quantitative estimate of drug-likeness (QED) is 0.467. The fourth-order valence-corrected chi connectivity index (χ4v) is 5.31. The molecule has 4 heterocycles. The van der Waals surface area contributed by atoms with Crippen LogP contribution in [0.15, 0.2) is 75.2 Å². The minimum absolute atomic E-state index is 0.0883. The molecule has 160 valence electrons. The molecule has 0 amide bonds. The lowest BCUT2D eigenvalue weighted by molar-refractivity contribution is 0.0812. The Labute approximate surface area is 196 Å². The van der Waals surface area contributed by atoms with E-state index in [1.807, 2.05) is 60.8 Å². The number of pyridine rings is 1. The predicted octanol–water partition coefficient (Wildman–Crippen LogP) is 5.63. The lowest BCUT2D eigenvalue weighted by Crippen LogP contribution is -2.36. The summed E-state index contributed by atoms with van der Waals surface area (Å²) in [6, 6.07) is 17.5. The molecule has 2 aliphatic heterocycles. The number of hydrogen-bond donors (Lipinski definition) is 1. The van der Waals surface area contributed by atoms with Crippen molar-refractivity contribution in [2.45, 2.75) is 41.0 Å². The van der Waals surface area contributed by atoms with E-state index in [1.165, 1.54) is 0 Å². The van der Waals surface area contributed by atoms with Crippen molar-refractivity contribution in [2.75, 3.05) is 13.2 Å². The van der Waals surface area contributed by atoms with Gasteiger partial charge in [0, 0.05) is 29.3 Å². The van der Waals surface area contributed by atoms with Gasteiger partial charge in [0.15, 0.2) is 10.2 Å². The molecule has 2 saturated heterocycles. The molecule has 0 aliphatic carbocycles. The van der Waals surface area contributed by atoms with Gasteiger partial charge in [-0.25, -0.2) is 0 Å². The van der Waals surface area contributed by atoms with E-state index in [0.717, 1.165) is 52.5 Å². The number of ether oxygens (including phenoxy) is 1. The highest BCUT2D eigenvalue weighted by atomic mass is 35.5. The molecule has 1 N–H and O–H groups in total. The third-order valence-electron chi connectivity index (χ3n) is 5.55. The predicted molar refractivity (Wildman–Crippen MR) is 125 cm³/mol.